The molecule has 1 N–H and O–H groups in total. The molecule has 0 aliphatic rings. The first-order valence-electron chi connectivity index (χ1n) is 5.04. The van der Waals surface area contributed by atoms with Gasteiger partial charge in [0.25, 0.3) is 0 Å². The normalized spacial score (nSPS) is 12.8. The third-order valence-electron chi connectivity index (χ3n) is 1.97. The fourth-order valence-corrected chi connectivity index (χ4v) is 1.38. The standard InChI is InChI=1S/C10H19N3O/c1-4-6-13-7-5-11-10(13)12-9(2)8-14-3/h5,7,9H,4,6,8H2,1-3H3,(H,11,12). The van der Waals surface area contributed by atoms with Crippen molar-refractivity contribution in [2.45, 2.75) is 32.9 Å². The molecule has 0 aliphatic heterocycles. The molecule has 80 valence electrons. The SMILES string of the molecule is CCCn1ccnc1NC(C)COC. The second-order valence-electron chi connectivity index (χ2n) is 3.44. The van der Waals surface area contributed by atoms with Crippen molar-refractivity contribution >= 4 is 5.95 Å². The Hall–Kier alpha value is -1.03. The van der Waals surface area contributed by atoms with E-state index in [0.717, 1.165) is 18.9 Å². The Bertz CT molecular complexity index is 260. The molecule has 1 heterocycles. The van der Waals surface area contributed by atoms with Crippen molar-refractivity contribution in [3.63, 3.8) is 0 Å². The Morgan fingerprint density at radius 3 is 3.07 bits per heavy atom. The molecule has 4 nitrogen and oxygen atoms in total. The molecule has 4 heteroatoms. The van der Waals surface area contributed by atoms with E-state index in [-0.39, 0.29) is 6.04 Å². The smallest absolute Gasteiger partial charge is 0.203 e. The number of methoxy groups -OCH3 is 1. The Balaban J connectivity index is 2.52. The zero-order valence-electron chi connectivity index (χ0n) is 9.16. The van der Waals surface area contributed by atoms with Gasteiger partial charge in [0.2, 0.25) is 5.95 Å². The van der Waals surface area contributed by atoms with E-state index in [0.29, 0.717) is 6.61 Å². The predicted octanol–water partition coefficient (Wildman–Crippen LogP) is 1.74. The largest absolute Gasteiger partial charge is 0.383 e. The lowest BCUT2D eigenvalue weighted by atomic mass is 10.4. The molecule has 0 bridgehead atoms. The van der Waals surface area contributed by atoms with Gasteiger partial charge in [-0.05, 0) is 13.3 Å². The minimum atomic E-state index is 0.290. The molecule has 1 atom stereocenters. The summed E-state index contributed by atoms with van der Waals surface area (Å²) in [6.45, 7) is 5.93. The Kier molecular flexibility index (Phi) is 4.46. The zero-order valence-corrected chi connectivity index (χ0v) is 9.16. The maximum absolute atomic E-state index is 5.05. The van der Waals surface area contributed by atoms with Gasteiger partial charge in [0, 0.05) is 32.1 Å². The van der Waals surface area contributed by atoms with Crippen LogP contribution in [0, 0.1) is 0 Å². The zero-order chi connectivity index (χ0) is 10.4. The quantitative estimate of drug-likeness (QED) is 0.755. The second-order valence-corrected chi connectivity index (χ2v) is 3.44. The molecule has 0 fully saturated rings. The second kappa shape index (κ2) is 5.65. The van der Waals surface area contributed by atoms with Gasteiger partial charge in [0.05, 0.1) is 6.61 Å². The molecular formula is C10H19N3O. The van der Waals surface area contributed by atoms with Crippen LogP contribution in [0.2, 0.25) is 0 Å². The summed E-state index contributed by atoms with van der Waals surface area (Å²) in [7, 11) is 1.71. The van der Waals surface area contributed by atoms with E-state index in [1.165, 1.54) is 0 Å². The van der Waals surface area contributed by atoms with Crippen LogP contribution in [0.3, 0.4) is 0 Å². The maximum Gasteiger partial charge on any atom is 0.203 e. The highest BCUT2D eigenvalue weighted by Gasteiger charge is 2.05. The molecule has 1 rings (SSSR count). The molecule has 0 spiro atoms. The monoisotopic (exact) mass is 197 g/mol. The van der Waals surface area contributed by atoms with Gasteiger partial charge in [0.1, 0.15) is 0 Å². The highest BCUT2D eigenvalue weighted by atomic mass is 16.5. The van der Waals surface area contributed by atoms with Gasteiger partial charge in [-0.1, -0.05) is 6.92 Å². The number of imidazole rings is 1. The van der Waals surface area contributed by atoms with Crippen molar-refractivity contribution in [2.24, 2.45) is 0 Å². The van der Waals surface area contributed by atoms with Crippen LogP contribution >= 0.6 is 0 Å². The van der Waals surface area contributed by atoms with Gasteiger partial charge in [-0.25, -0.2) is 4.98 Å². The van der Waals surface area contributed by atoms with Crippen LogP contribution in [0.25, 0.3) is 0 Å². The van der Waals surface area contributed by atoms with E-state index in [2.05, 4.69) is 28.7 Å². The summed E-state index contributed by atoms with van der Waals surface area (Å²) in [6.07, 6.45) is 4.92. The van der Waals surface area contributed by atoms with Gasteiger partial charge in [-0.2, -0.15) is 0 Å². The number of anilines is 1. The van der Waals surface area contributed by atoms with E-state index >= 15 is 0 Å². The highest BCUT2D eigenvalue weighted by molar-refractivity contribution is 5.27. The lowest BCUT2D eigenvalue weighted by Crippen LogP contribution is -2.23. The number of ether oxygens (including phenoxy) is 1. The van der Waals surface area contributed by atoms with Crippen LogP contribution < -0.4 is 5.32 Å². The molecule has 1 unspecified atom stereocenters. The molecule has 0 saturated carbocycles. The van der Waals surface area contributed by atoms with Crippen molar-refractivity contribution < 1.29 is 4.74 Å². The first kappa shape index (κ1) is 11.0. The van der Waals surface area contributed by atoms with Crippen molar-refractivity contribution in [2.75, 3.05) is 19.0 Å². The van der Waals surface area contributed by atoms with Crippen LogP contribution in [-0.4, -0.2) is 29.3 Å². The van der Waals surface area contributed by atoms with E-state index in [1.54, 1.807) is 7.11 Å². The number of hydrogen-bond acceptors (Lipinski definition) is 3. The fraction of sp³-hybridized carbons (Fsp3) is 0.700. The molecule has 0 radical (unpaired) electrons. The van der Waals surface area contributed by atoms with Crippen LogP contribution in [0.5, 0.6) is 0 Å². The fourth-order valence-electron chi connectivity index (χ4n) is 1.38. The Labute approximate surface area is 85.3 Å². The molecular weight excluding hydrogens is 178 g/mol. The van der Waals surface area contributed by atoms with Crippen molar-refractivity contribution in [1.29, 1.82) is 0 Å². The van der Waals surface area contributed by atoms with Gasteiger partial charge >= 0.3 is 0 Å². The summed E-state index contributed by atoms with van der Waals surface area (Å²) in [4.78, 5) is 4.25. The summed E-state index contributed by atoms with van der Waals surface area (Å²) >= 11 is 0. The maximum atomic E-state index is 5.05. The van der Waals surface area contributed by atoms with Gasteiger partial charge in [0.15, 0.2) is 0 Å². The summed E-state index contributed by atoms with van der Waals surface area (Å²) in [5, 5.41) is 3.30. The number of hydrogen-bond donors (Lipinski definition) is 1. The predicted molar refractivity (Wildman–Crippen MR) is 57.5 cm³/mol. The van der Waals surface area contributed by atoms with Crippen molar-refractivity contribution in [3.8, 4) is 0 Å². The van der Waals surface area contributed by atoms with Gasteiger partial charge in [-0.3, -0.25) is 0 Å². The number of nitrogens with zero attached hydrogens (tertiary/aromatic N) is 2. The van der Waals surface area contributed by atoms with Crippen LogP contribution in [0.4, 0.5) is 5.95 Å². The van der Waals surface area contributed by atoms with Crippen molar-refractivity contribution in [1.82, 2.24) is 9.55 Å². The minimum Gasteiger partial charge on any atom is -0.383 e. The van der Waals surface area contributed by atoms with Crippen LogP contribution in [-0.2, 0) is 11.3 Å². The third kappa shape index (κ3) is 3.03. The van der Waals surface area contributed by atoms with E-state index in [9.17, 15) is 0 Å². The lowest BCUT2D eigenvalue weighted by molar-refractivity contribution is 0.190. The third-order valence-corrected chi connectivity index (χ3v) is 1.97. The van der Waals surface area contributed by atoms with Crippen LogP contribution in [0.15, 0.2) is 12.4 Å². The summed E-state index contributed by atoms with van der Waals surface area (Å²) in [5.74, 6) is 0.927. The molecule has 0 aromatic carbocycles. The average Bonchev–Trinajstić information content (AvgIpc) is 2.54. The topological polar surface area (TPSA) is 39.1 Å². The number of rotatable bonds is 6. The first-order valence-corrected chi connectivity index (χ1v) is 5.04. The summed E-state index contributed by atoms with van der Waals surface area (Å²) in [6, 6.07) is 0.290. The number of aryl methyl sites for hydroxylation is 1. The Morgan fingerprint density at radius 1 is 1.64 bits per heavy atom. The van der Waals surface area contributed by atoms with Crippen LogP contribution in [0.1, 0.15) is 20.3 Å². The molecule has 1 aromatic rings. The molecule has 14 heavy (non-hydrogen) atoms. The lowest BCUT2D eigenvalue weighted by Gasteiger charge is -2.14. The van der Waals surface area contributed by atoms with E-state index in [4.69, 9.17) is 4.74 Å². The Morgan fingerprint density at radius 2 is 2.43 bits per heavy atom. The van der Waals surface area contributed by atoms with Gasteiger partial charge in [-0.15, -0.1) is 0 Å². The number of aromatic nitrogens is 2. The van der Waals surface area contributed by atoms with Crippen molar-refractivity contribution in [3.05, 3.63) is 12.4 Å². The van der Waals surface area contributed by atoms with Gasteiger partial charge < -0.3 is 14.6 Å². The molecule has 1 aromatic heterocycles. The minimum absolute atomic E-state index is 0.290. The van der Waals surface area contributed by atoms with E-state index in [1.807, 2.05) is 12.4 Å². The first-order chi connectivity index (χ1) is 6.77. The molecule has 0 amide bonds. The molecule has 0 aliphatic carbocycles. The average molecular weight is 197 g/mol. The highest BCUT2D eigenvalue weighted by Crippen LogP contribution is 2.06. The molecule has 0 saturated heterocycles. The van der Waals surface area contributed by atoms with E-state index < -0.39 is 0 Å². The summed E-state index contributed by atoms with van der Waals surface area (Å²) < 4.78 is 7.17. The number of nitrogens with one attached hydrogen (secondary N) is 1. The summed E-state index contributed by atoms with van der Waals surface area (Å²) in [5.41, 5.74) is 0.